The van der Waals surface area contributed by atoms with Gasteiger partial charge in [0, 0.05) is 6.04 Å². The van der Waals surface area contributed by atoms with Crippen molar-refractivity contribution in [1.29, 1.82) is 0 Å². The van der Waals surface area contributed by atoms with Crippen molar-refractivity contribution in [1.82, 2.24) is 9.97 Å². The smallest absolute Gasteiger partial charge is 0.323 e. The number of halogens is 2. The fourth-order valence-electron chi connectivity index (χ4n) is 2.25. The Morgan fingerprint density at radius 2 is 1.86 bits per heavy atom. The molecule has 0 spiro atoms. The van der Waals surface area contributed by atoms with Gasteiger partial charge in [-0.05, 0) is 36.8 Å². The molecule has 0 radical (unpaired) electrons. The van der Waals surface area contributed by atoms with Gasteiger partial charge in [-0.2, -0.15) is 0 Å². The van der Waals surface area contributed by atoms with Gasteiger partial charge in [0.1, 0.15) is 0 Å². The second-order valence-corrected chi connectivity index (χ2v) is 5.64. The van der Waals surface area contributed by atoms with Gasteiger partial charge in [-0.25, -0.2) is 4.79 Å². The molecule has 1 aromatic heterocycles. The monoisotopic (exact) mass is 321 g/mol. The number of rotatable bonds is 3. The Morgan fingerprint density at radius 1 is 1.10 bits per heavy atom. The Hall–Kier alpha value is -1.91. The molecule has 21 heavy (non-hydrogen) atoms. The molecular weight excluding hydrogens is 309 g/mol. The molecule has 0 amide bonds. The predicted molar refractivity (Wildman–Crippen MR) is 87.4 cm³/mol. The van der Waals surface area contributed by atoms with Crippen LogP contribution < -0.4 is 11.0 Å². The third-order valence-corrected chi connectivity index (χ3v) is 4.18. The van der Waals surface area contributed by atoms with Crippen LogP contribution >= 0.6 is 23.2 Å². The van der Waals surface area contributed by atoms with E-state index in [1.807, 2.05) is 37.3 Å². The highest BCUT2D eigenvalue weighted by Gasteiger charge is 2.10. The fourth-order valence-corrected chi connectivity index (χ4v) is 2.61. The highest BCUT2D eigenvalue weighted by atomic mass is 35.5. The number of hydrogen-bond donors (Lipinski definition) is 3. The zero-order valence-electron chi connectivity index (χ0n) is 11.2. The highest BCUT2D eigenvalue weighted by Crippen LogP contribution is 2.32. The van der Waals surface area contributed by atoms with Crippen molar-refractivity contribution in [2.24, 2.45) is 0 Å². The maximum absolute atomic E-state index is 11.3. The molecule has 0 bridgehead atoms. The molecule has 1 heterocycles. The Labute approximate surface area is 131 Å². The molecule has 0 fully saturated rings. The first-order chi connectivity index (χ1) is 10.0. The van der Waals surface area contributed by atoms with Crippen LogP contribution in [0.25, 0.3) is 11.0 Å². The van der Waals surface area contributed by atoms with Crippen LogP contribution in [0.3, 0.4) is 0 Å². The van der Waals surface area contributed by atoms with Crippen molar-refractivity contribution >= 4 is 39.9 Å². The number of H-pyrrole nitrogens is 2. The van der Waals surface area contributed by atoms with Crippen molar-refractivity contribution in [2.45, 2.75) is 13.0 Å². The number of fused-ring (bicyclic) bond motifs is 1. The second kappa shape index (κ2) is 5.47. The van der Waals surface area contributed by atoms with E-state index in [0.29, 0.717) is 10.0 Å². The molecule has 1 atom stereocenters. The van der Waals surface area contributed by atoms with E-state index in [4.69, 9.17) is 23.2 Å². The van der Waals surface area contributed by atoms with Crippen molar-refractivity contribution in [2.75, 3.05) is 5.32 Å². The van der Waals surface area contributed by atoms with Gasteiger partial charge in [-0.1, -0.05) is 35.3 Å². The Morgan fingerprint density at radius 3 is 2.67 bits per heavy atom. The molecule has 0 aliphatic carbocycles. The van der Waals surface area contributed by atoms with Gasteiger partial charge in [-0.15, -0.1) is 0 Å². The average molecular weight is 322 g/mol. The van der Waals surface area contributed by atoms with Gasteiger partial charge < -0.3 is 15.3 Å². The van der Waals surface area contributed by atoms with Crippen LogP contribution in [-0.2, 0) is 0 Å². The van der Waals surface area contributed by atoms with E-state index < -0.39 is 0 Å². The number of nitrogens with one attached hydrogen (secondary N) is 3. The summed E-state index contributed by atoms with van der Waals surface area (Å²) in [6.45, 7) is 2.02. The quantitative estimate of drug-likeness (QED) is 0.672. The van der Waals surface area contributed by atoms with Gasteiger partial charge in [0.15, 0.2) is 0 Å². The lowest BCUT2D eigenvalue weighted by Gasteiger charge is -2.17. The van der Waals surface area contributed by atoms with E-state index in [-0.39, 0.29) is 11.7 Å². The van der Waals surface area contributed by atoms with E-state index in [2.05, 4.69) is 15.3 Å². The minimum atomic E-state index is -0.208. The van der Waals surface area contributed by atoms with Gasteiger partial charge in [-0.3, -0.25) is 0 Å². The van der Waals surface area contributed by atoms with E-state index in [0.717, 1.165) is 22.3 Å². The van der Waals surface area contributed by atoms with Gasteiger partial charge in [0.25, 0.3) is 0 Å². The van der Waals surface area contributed by atoms with Gasteiger partial charge in [0.2, 0.25) is 0 Å². The summed E-state index contributed by atoms with van der Waals surface area (Å²) in [7, 11) is 0. The summed E-state index contributed by atoms with van der Waals surface area (Å²) in [6.07, 6.45) is 0. The van der Waals surface area contributed by atoms with Crippen LogP contribution in [0.4, 0.5) is 5.69 Å². The van der Waals surface area contributed by atoms with Crippen LogP contribution in [0.15, 0.2) is 41.2 Å². The molecule has 0 aliphatic heterocycles. The molecule has 1 unspecified atom stereocenters. The number of aromatic nitrogens is 2. The molecule has 108 valence electrons. The van der Waals surface area contributed by atoms with Crippen molar-refractivity contribution < 1.29 is 0 Å². The van der Waals surface area contributed by atoms with E-state index in [1.54, 1.807) is 6.07 Å². The number of imidazole rings is 1. The van der Waals surface area contributed by atoms with Gasteiger partial charge in [0.05, 0.1) is 26.8 Å². The first-order valence-electron chi connectivity index (χ1n) is 6.47. The van der Waals surface area contributed by atoms with Gasteiger partial charge >= 0.3 is 5.69 Å². The van der Waals surface area contributed by atoms with Crippen molar-refractivity contribution in [3.05, 3.63) is 62.5 Å². The molecule has 6 heteroatoms. The molecule has 4 nitrogen and oxygen atoms in total. The number of aromatic amines is 2. The maximum atomic E-state index is 11.3. The summed E-state index contributed by atoms with van der Waals surface area (Å²) in [5, 5.41) is 4.34. The zero-order valence-corrected chi connectivity index (χ0v) is 12.7. The lowest BCUT2D eigenvalue weighted by atomic mass is 10.1. The summed E-state index contributed by atoms with van der Waals surface area (Å²) in [6, 6.07) is 11.3. The first-order valence-corrected chi connectivity index (χ1v) is 7.22. The highest BCUT2D eigenvalue weighted by molar-refractivity contribution is 6.43. The molecule has 0 aliphatic rings. The topological polar surface area (TPSA) is 60.7 Å². The molecular formula is C15H13Cl2N3O. The summed E-state index contributed by atoms with van der Waals surface area (Å²) in [4.78, 5) is 16.8. The number of anilines is 1. The summed E-state index contributed by atoms with van der Waals surface area (Å²) in [5.74, 6) is 0. The Bertz CT molecular complexity index is 853. The van der Waals surface area contributed by atoms with E-state index in [1.165, 1.54) is 0 Å². The number of benzene rings is 2. The van der Waals surface area contributed by atoms with Crippen LogP contribution in [-0.4, -0.2) is 9.97 Å². The molecule has 0 saturated carbocycles. The van der Waals surface area contributed by atoms with Crippen molar-refractivity contribution in [3.8, 4) is 0 Å². The zero-order chi connectivity index (χ0) is 15.0. The Balaban J connectivity index is 1.91. The lowest BCUT2D eigenvalue weighted by Crippen LogP contribution is -2.07. The standard InChI is InChI=1S/C15H13Cl2N3O/c1-8(18-12-4-2-3-10(16)14(12)17)9-5-6-11-13(7-9)20-15(21)19-11/h2-8,18H,1H3,(H2,19,20,21). The summed E-state index contributed by atoms with van der Waals surface area (Å²) < 4.78 is 0. The minimum Gasteiger partial charge on any atom is -0.377 e. The lowest BCUT2D eigenvalue weighted by molar-refractivity contribution is 0.886. The second-order valence-electron chi connectivity index (χ2n) is 4.85. The summed E-state index contributed by atoms with van der Waals surface area (Å²) in [5.41, 5.74) is 3.17. The van der Waals surface area contributed by atoms with Crippen LogP contribution in [0.5, 0.6) is 0 Å². The predicted octanol–water partition coefficient (Wildman–Crippen LogP) is 4.34. The molecule has 3 rings (SSSR count). The largest absolute Gasteiger partial charge is 0.377 e. The molecule has 0 saturated heterocycles. The van der Waals surface area contributed by atoms with Crippen LogP contribution in [0.2, 0.25) is 10.0 Å². The molecule has 3 N–H and O–H groups in total. The minimum absolute atomic E-state index is 0.0174. The van der Waals surface area contributed by atoms with Crippen LogP contribution in [0, 0.1) is 0 Å². The maximum Gasteiger partial charge on any atom is 0.323 e. The normalized spacial score (nSPS) is 12.5. The summed E-state index contributed by atoms with van der Waals surface area (Å²) >= 11 is 12.2. The number of hydrogen-bond acceptors (Lipinski definition) is 2. The Kier molecular flexibility index (Phi) is 3.66. The first kappa shape index (κ1) is 14.0. The van der Waals surface area contributed by atoms with Crippen LogP contribution in [0.1, 0.15) is 18.5 Å². The third kappa shape index (κ3) is 2.77. The van der Waals surface area contributed by atoms with E-state index >= 15 is 0 Å². The molecule has 3 aromatic rings. The SMILES string of the molecule is CC(Nc1cccc(Cl)c1Cl)c1ccc2[nH]c(=O)[nH]c2c1. The fraction of sp³-hybridized carbons (Fsp3) is 0.133. The third-order valence-electron chi connectivity index (χ3n) is 3.36. The van der Waals surface area contributed by atoms with Crippen molar-refractivity contribution in [3.63, 3.8) is 0 Å². The van der Waals surface area contributed by atoms with E-state index in [9.17, 15) is 4.79 Å². The average Bonchev–Trinajstić information content (AvgIpc) is 2.82. The molecule has 2 aromatic carbocycles.